The minimum atomic E-state index is -0.344. The number of ether oxygens (including phenoxy) is 1. The molecule has 3 rings (SSSR count). The fourth-order valence-corrected chi connectivity index (χ4v) is 3.33. The zero-order valence-electron chi connectivity index (χ0n) is 13.7. The lowest BCUT2D eigenvalue weighted by Gasteiger charge is -2.35. The number of amides is 2. The number of hydrogen-bond donors (Lipinski definition) is 0. The van der Waals surface area contributed by atoms with E-state index in [1.165, 1.54) is 6.07 Å². The van der Waals surface area contributed by atoms with E-state index < -0.39 is 0 Å². The van der Waals surface area contributed by atoms with Crippen molar-refractivity contribution < 1.29 is 18.7 Å². The third-order valence-electron chi connectivity index (χ3n) is 4.82. The zero-order valence-corrected chi connectivity index (χ0v) is 13.7. The summed E-state index contributed by atoms with van der Waals surface area (Å²) in [4.78, 5) is 28.4. The van der Waals surface area contributed by atoms with Gasteiger partial charge < -0.3 is 14.5 Å². The fourth-order valence-electron chi connectivity index (χ4n) is 3.33. The number of likely N-dealkylation sites (tertiary alicyclic amines) is 1. The fraction of sp³-hybridized carbons (Fsp3) is 0.556. The summed E-state index contributed by atoms with van der Waals surface area (Å²) in [7, 11) is 0. The summed E-state index contributed by atoms with van der Waals surface area (Å²) in [5.74, 6) is -0.249. The molecular formula is C18H23FN2O3. The predicted molar refractivity (Wildman–Crippen MR) is 86.8 cm³/mol. The zero-order chi connectivity index (χ0) is 16.9. The first-order chi connectivity index (χ1) is 11.6. The molecule has 0 spiro atoms. The maximum Gasteiger partial charge on any atom is 0.227 e. The van der Waals surface area contributed by atoms with Gasteiger partial charge in [0.15, 0.2) is 0 Å². The lowest BCUT2D eigenvalue weighted by molar-refractivity contribution is -0.143. The van der Waals surface area contributed by atoms with E-state index in [1.807, 2.05) is 4.90 Å². The number of piperidine rings is 1. The van der Waals surface area contributed by atoms with Crippen molar-refractivity contribution in [1.82, 2.24) is 9.80 Å². The molecule has 1 aromatic rings. The van der Waals surface area contributed by atoms with Crippen molar-refractivity contribution in [3.05, 3.63) is 35.6 Å². The van der Waals surface area contributed by atoms with Gasteiger partial charge in [-0.2, -0.15) is 0 Å². The summed E-state index contributed by atoms with van der Waals surface area (Å²) in [6, 6.07) is 6.36. The van der Waals surface area contributed by atoms with E-state index >= 15 is 0 Å². The summed E-state index contributed by atoms with van der Waals surface area (Å²) in [5, 5.41) is 0. The van der Waals surface area contributed by atoms with E-state index in [4.69, 9.17) is 4.74 Å². The third kappa shape index (κ3) is 3.93. The highest BCUT2D eigenvalue weighted by Gasteiger charge is 2.30. The van der Waals surface area contributed by atoms with Crippen molar-refractivity contribution in [1.29, 1.82) is 0 Å². The molecule has 24 heavy (non-hydrogen) atoms. The maximum atomic E-state index is 13.7. The lowest BCUT2D eigenvalue weighted by Crippen LogP contribution is -2.47. The molecular weight excluding hydrogens is 311 g/mol. The van der Waals surface area contributed by atoms with Crippen LogP contribution in [0.5, 0.6) is 0 Å². The van der Waals surface area contributed by atoms with Gasteiger partial charge in [0.05, 0.1) is 19.6 Å². The molecule has 1 aromatic carbocycles. The molecule has 0 bridgehead atoms. The van der Waals surface area contributed by atoms with E-state index in [-0.39, 0.29) is 30.0 Å². The standard InChI is InChI=1S/C18H23FN2O3/c19-16-4-2-1-3-15(16)13-17(22)20-7-5-14(6-8-20)18(23)21-9-11-24-12-10-21/h1-4,14H,5-13H2. The Balaban J connectivity index is 1.50. The van der Waals surface area contributed by atoms with E-state index in [0.717, 1.165) is 0 Å². The van der Waals surface area contributed by atoms with Crippen LogP contribution in [-0.4, -0.2) is 61.0 Å². The highest BCUT2D eigenvalue weighted by Crippen LogP contribution is 2.21. The Morgan fingerprint density at radius 3 is 2.38 bits per heavy atom. The Bertz CT molecular complexity index is 594. The molecule has 5 nitrogen and oxygen atoms in total. The van der Waals surface area contributed by atoms with E-state index in [2.05, 4.69) is 0 Å². The van der Waals surface area contributed by atoms with Crippen molar-refractivity contribution >= 4 is 11.8 Å². The van der Waals surface area contributed by atoms with Gasteiger partial charge >= 0.3 is 0 Å². The van der Waals surface area contributed by atoms with Gasteiger partial charge in [0.2, 0.25) is 11.8 Å². The van der Waals surface area contributed by atoms with Crippen molar-refractivity contribution in [2.24, 2.45) is 5.92 Å². The smallest absolute Gasteiger partial charge is 0.227 e. The second kappa shape index (κ2) is 7.75. The first kappa shape index (κ1) is 16.9. The molecule has 0 N–H and O–H groups in total. The highest BCUT2D eigenvalue weighted by atomic mass is 19.1. The van der Waals surface area contributed by atoms with E-state index in [1.54, 1.807) is 23.1 Å². The van der Waals surface area contributed by atoms with Crippen LogP contribution in [0.2, 0.25) is 0 Å². The molecule has 2 fully saturated rings. The van der Waals surface area contributed by atoms with Gasteiger partial charge in [-0.15, -0.1) is 0 Å². The molecule has 2 saturated heterocycles. The minimum absolute atomic E-state index is 0.0133. The molecule has 6 heteroatoms. The molecule has 0 saturated carbocycles. The number of rotatable bonds is 3. The molecule has 130 valence electrons. The van der Waals surface area contributed by atoms with E-state index in [0.29, 0.717) is 57.8 Å². The second-order valence-electron chi connectivity index (χ2n) is 6.36. The van der Waals surface area contributed by atoms with Crippen LogP contribution in [-0.2, 0) is 20.7 Å². The van der Waals surface area contributed by atoms with Gasteiger partial charge in [0.1, 0.15) is 5.82 Å². The SMILES string of the molecule is O=C(Cc1ccccc1F)N1CCC(C(=O)N2CCOCC2)CC1. The average molecular weight is 334 g/mol. The van der Waals surface area contributed by atoms with Gasteiger partial charge in [-0.05, 0) is 24.5 Å². The van der Waals surface area contributed by atoms with Crippen molar-refractivity contribution in [2.45, 2.75) is 19.3 Å². The number of hydrogen-bond acceptors (Lipinski definition) is 3. The summed E-state index contributed by atoms with van der Waals surface area (Å²) >= 11 is 0. The Morgan fingerprint density at radius 2 is 1.71 bits per heavy atom. The summed E-state index contributed by atoms with van der Waals surface area (Å²) in [6.07, 6.45) is 1.44. The molecule has 2 aliphatic rings. The molecule has 2 aliphatic heterocycles. The van der Waals surface area contributed by atoms with Crippen LogP contribution < -0.4 is 0 Å². The summed E-state index contributed by atoms with van der Waals surface area (Å²) < 4.78 is 18.9. The maximum absolute atomic E-state index is 13.7. The normalized spacial score (nSPS) is 19.4. The van der Waals surface area contributed by atoms with Gasteiger partial charge in [0, 0.05) is 32.1 Å². The van der Waals surface area contributed by atoms with Gasteiger partial charge in [0.25, 0.3) is 0 Å². The Morgan fingerprint density at radius 1 is 1.04 bits per heavy atom. The Labute approximate surface area is 141 Å². The largest absolute Gasteiger partial charge is 0.378 e. The number of benzene rings is 1. The Kier molecular flexibility index (Phi) is 5.45. The molecule has 0 radical (unpaired) electrons. The number of halogens is 1. The topological polar surface area (TPSA) is 49.9 Å². The van der Waals surface area contributed by atoms with Crippen LogP contribution in [0.4, 0.5) is 4.39 Å². The van der Waals surface area contributed by atoms with Gasteiger partial charge in [-0.25, -0.2) is 4.39 Å². The van der Waals surface area contributed by atoms with Crippen molar-refractivity contribution in [2.75, 3.05) is 39.4 Å². The number of morpholine rings is 1. The molecule has 0 unspecified atom stereocenters. The van der Waals surface area contributed by atoms with Crippen molar-refractivity contribution in [3.8, 4) is 0 Å². The van der Waals surface area contributed by atoms with Crippen molar-refractivity contribution in [3.63, 3.8) is 0 Å². The second-order valence-corrected chi connectivity index (χ2v) is 6.36. The molecule has 0 atom stereocenters. The molecule has 2 heterocycles. The number of nitrogens with zero attached hydrogens (tertiary/aromatic N) is 2. The van der Waals surface area contributed by atoms with Crippen LogP contribution in [0.15, 0.2) is 24.3 Å². The monoisotopic (exact) mass is 334 g/mol. The Hall–Kier alpha value is -1.95. The lowest BCUT2D eigenvalue weighted by atomic mass is 9.94. The summed E-state index contributed by atoms with van der Waals surface area (Å²) in [6.45, 7) is 3.65. The van der Waals surface area contributed by atoms with Crippen LogP contribution in [0, 0.1) is 11.7 Å². The first-order valence-electron chi connectivity index (χ1n) is 8.53. The van der Waals surface area contributed by atoms with Gasteiger partial charge in [-0.1, -0.05) is 18.2 Å². The summed E-state index contributed by atoms with van der Waals surface area (Å²) in [5.41, 5.74) is 0.425. The van der Waals surface area contributed by atoms with Crippen LogP contribution in [0.3, 0.4) is 0 Å². The quantitative estimate of drug-likeness (QED) is 0.841. The van der Waals surface area contributed by atoms with Crippen LogP contribution >= 0.6 is 0 Å². The number of carbonyl (C=O) groups is 2. The molecule has 2 amide bonds. The highest BCUT2D eigenvalue weighted by molar-refractivity contribution is 5.81. The average Bonchev–Trinajstić information content (AvgIpc) is 2.64. The predicted octanol–water partition coefficient (Wildman–Crippen LogP) is 1.47. The number of carbonyl (C=O) groups excluding carboxylic acids is 2. The molecule has 0 aromatic heterocycles. The van der Waals surface area contributed by atoms with Crippen LogP contribution in [0.25, 0.3) is 0 Å². The minimum Gasteiger partial charge on any atom is -0.378 e. The molecule has 0 aliphatic carbocycles. The first-order valence-corrected chi connectivity index (χ1v) is 8.53. The van der Waals surface area contributed by atoms with E-state index in [9.17, 15) is 14.0 Å². The van der Waals surface area contributed by atoms with Gasteiger partial charge in [-0.3, -0.25) is 9.59 Å². The van der Waals surface area contributed by atoms with Crippen LogP contribution in [0.1, 0.15) is 18.4 Å². The third-order valence-corrected chi connectivity index (χ3v) is 4.82.